The molecule has 9 atom stereocenters. The monoisotopic (exact) mass is 745 g/mol. The number of ether oxygens (including phenoxy) is 3. The van der Waals surface area contributed by atoms with E-state index >= 15 is 0 Å². The molecule has 296 valence electrons. The van der Waals surface area contributed by atoms with E-state index < -0.39 is 37.1 Å². The zero-order valence-electron chi connectivity index (χ0n) is 30.9. The average molecular weight is 746 g/mol. The highest BCUT2D eigenvalue weighted by atomic mass is 16.6. The van der Waals surface area contributed by atoms with Gasteiger partial charge in [-0.2, -0.15) is 5.26 Å². The predicted molar refractivity (Wildman–Crippen MR) is 192 cm³/mol. The SMILES string of the molecule is CCN(Cc1ccc(CNC(=O)OCCOCCOC23CC4C[C@@H](CC(NCC(=O)N5CCC[C@H]5C#N)(C4)C2)C3)cc1)C[C@H](O)[C@@H](O)[C@H](O)[C@H](O)CO. The Morgan fingerprint density at radius 1 is 1.00 bits per heavy atom. The number of nitrogens with zero attached hydrogens (tertiary/aromatic N) is 3. The quantitative estimate of drug-likeness (QED) is 0.0850. The number of likely N-dealkylation sites (N-methyl/N-ethyl adjacent to an activating group) is 1. The maximum absolute atomic E-state index is 13.0. The number of nitriles is 1. The van der Waals surface area contributed by atoms with E-state index in [2.05, 4.69) is 16.7 Å². The van der Waals surface area contributed by atoms with Gasteiger partial charge in [0.05, 0.1) is 50.7 Å². The first-order chi connectivity index (χ1) is 25.5. The molecule has 1 aliphatic heterocycles. The molecular weight excluding hydrogens is 686 g/mol. The van der Waals surface area contributed by atoms with E-state index in [1.165, 1.54) is 6.42 Å². The lowest BCUT2D eigenvalue weighted by Crippen LogP contribution is -2.66. The normalized spacial score (nSPS) is 28.4. The second-order valence-electron chi connectivity index (χ2n) is 15.5. The van der Waals surface area contributed by atoms with Crippen molar-refractivity contribution < 1.29 is 49.3 Å². The lowest BCUT2D eigenvalue weighted by molar-refractivity contribution is -0.182. The molecule has 4 aliphatic carbocycles. The number of rotatable bonds is 21. The molecule has 5 fully saturated rings. The summed E-state index contributed by atoms with van der Waals surface area (Å²) >= 11 is 0. The lowest BCUT2D eigenvalue weighted by atomic mass is 9.51. The van der Waals surface area contributed by atoms with Gasteiger partial charge in [-0.25, -0.2) is 4.79 Å². The average Bonchev–Trinajstić information content (AvgIpc) is 3.64. The lowest BCUT2D eigenvalue weighted by Gasteiger charge is -2.62. The molecule has 1 aromatic rings. The summed E-state index contributed by atoms with van der Waals surface area (Å²) in [6.45, 7) is 4.64. The van der Waals surface area contributed by atoms with Gasteiger partial charge in [0, 0.05) is 31.7 Å². The highest BCUT2D eigenvalue weighted by Crippen LogP contribution is 2.58. The molecular formula is C38H59N5O10. The summed E-state index contributed by atoms with van der Waals surface area (Å²) in [6.07, 6.45) is 1.23. The van der Waals surface area contributed by atoms with Gasteiger partial charge in [0.25, 0.3) is 0 Å². The first-order valence-electron chi connectivity index (χ1n) is 19.2. The second kappa shape index (κ2) is 19.1. The van der Waals surface area contributed by atoms with E-state index in [0.29, 0.717) is 44.7 Å². The Labute approximate surface area is 312 Å². The van der Waals surface area contributed by atoms with Crippen molar-refractivity contribution >= 4 is 12.0 Å². The fourth-order valence-corrected chi connectivity index (χ4v) is 9.22. The van der Waals surface area contributed by atoms with E-state index in [1.807, 2.05) is 36.1 Å². The second-order valence-corrected chi connectivity index (χ2v) is 15.5. The predicted octanol–water partition coefficient (Wildman–Crippen LogP) is 0.399. The molecule has 53 heavy (non-hydrogen) atoms. The molecule has 4 bridgehead atoms. The third-order valence-corrected chi connectivity index (χ3v) is 11.5. The van der Waals surface area contributed by atoms with Gasteiger partial charge >= 0.3 is 6.09 Å². The number of nitrogens with one attached hydrogen (secondary N) is 2. The van der Waals surface area contributed by atoms with Crippen LogP contribution in [0.5, 0.6) is 0 Å². The molecule has 15 nitrogen and oxygen atoms in total. The van der Waals surface area contributed by atoms with Crippen molar-refractivity contribution in [1.82, 2.24) is 20.4 Å². The number of hydrogen-bond acceptors (Lipinski definition) is 13. The zero-order chi connectivity index (χ0) is 38.0. The number of amides is 2. The van der Waals surface area contributed by atoms with Crippen LogP contribution in [0, 0.1) is 23.2 Å². The highest BCUT2D eigenvalue weighted by molar-refractivity contribution is 5.79. The van der Waals surface area contributed by atoms with Gasteiger partial charge in [-0.05, 0) is 80.9 Å². The zero-order valence-corrected chi connectivity index (χ0v) is 30.9. The number of alkyl carbamates (subject to hydrolysis) is 1. The fraction of sp³-hybridized carbons (Fsp3) is 0.763. The molecule has 15 heteroatoms. The summed E-state index contributed by atoms with van der Waals surface area (Å²) in [5.41, 5.74) is 1.50. The van der Waals surface area contributed by atoms with Gasteiger partial charge in [0.15, 0.2) is 0 Å². The number of aliphatic hydroxyl groups is 5. The smallest absolute Gasteiger partial charge is 0.407 e. The Hall–Kier alpha value is -2.91. The van der Waals surface area contributed by atoms with E-state index in [0.717, 1.165) is 56.1 Å². The van der Waals surface area contributed by atoms with Gasteiger partial charge in [-0.15, -0.1) is 0 Å². The molecule has 0 radical (unpaired) electrons. The van der Waals surface area contributed by atoms with Crippen LogP contribution in [0.15, 0.2) is 24.3 Å². The van der Waals surface area contributed by atoms with Crippen molar-refractivity contribution in [2.24, 2.45) is 11.8 Å². The largest absolute Gasteiger partial charge is 0.447 e. The molecule has 0 aromatic heterocycles. The Balaban J connectivity index is 0.943. The van der Waals surface area contributed by atoms with Gasteiger partial charge < -0.3 is 55.3 Å². The van der Waals surface area contributed by atoms with Crippen LogP contribution >= 0.6 is 0 Å². The molecule has 4 saturated carbocycles. The first-order valence-corrected chi connectivity index (χ1v) is 19.2. The summed E-state index contributed by atoms with van der Waals surface area (Å²) < 4.78 is 17.5. The summed E-state index contributed by atoms with van der Waals surface area (Å²) in [4.78, 5) is 28.8. The number of likely N-dealkylation sites (tertiary alicyclic amines) is 1. The van der Waals surface area contributed by atoms with E-state index in [1.54, 1.807) is 4.90 Å². The number of carbonyl (C=O) groups is 2. The van der Waals surface area contributed by atoms with Gasteiger partial charge in [0.1, 0.15) is 31.0 Å². The Morgan fingerprint density at radius 2 is 1.68 bits per heavy atom. The molecule has 7 N–H and O–H groups in total. The standard InChI is InChI=1S/C38H59N5O10/c1-2-42(23-31(45)34(48)35(49)32(46)24-44)22-27-7-5-26(6-8-27)20-40-36(50)52-12-10-51-11-13-53-38-17-28-14-29(18-38)16-37(15-28,25-38)41-21-33(47)43-9-3-4-30(43)19-39/h5-8,28-32,34-35,41,44-46,48-49H,2-4,9-18,20-25H2,1H3,(H,40,50)/t28-,29?,30-,31-,32+,34+,35+,37?,38?/m0/s1. The molecule has 1 heterocycles. The van der Waals surface area contributed by atoms with Crippen LogP contribution in [0.3, 0.4) is 0 Å². The van der Waals surface area contributed by atoms with Crippen LogP contribution in [0.4, 0.5) is 4.79 Å². The number of carbonyl (C=O) groups excluding carboxylic acids is 2. The maximum atomic E-state index is 13.0. The molecule has 5 aliphatic rings. The van der Waals surface area contributed by atoms with Gasteiger partial charge in [-0.1, -0.05) is 31.2 Å². The summed E-state index contributed by atoms with van der Waals surface area (Å²) in [5.74, 6) is 1.18. The molecule has 6 rings (SSSR count). The van der Waals surface area contributed by atoms with Crippen LogP contribution in [-0.2, 0) is 32.1 Å². The van der Waals surface area contributed by atoms with Crippen molar-refractivity contribution in [3.8, 4) is 6.07 Å². The van der Waals surface area contributed by atoms with Crippen molar-refractivity contribution in [1.29, 1.82) is 5.26 Å². The Bertz CT molecular complexity index is 1360. The van der Waals surface area contributed by atoms with Crippen molar-refractivity contribution in [3.05, 3.63) is 35.4 Å². The van der Waals surface area contributed by atoms with Crippen LogP contribution in [-0.4, -0.2) is 148 Å². The minimum atomic E-state index is -1.67. The molecule has 1 saturated heterocycles. The van der Waals surface area contributed by atoms with Crippen LogP contribution < -0.4 is 10.6 Å². The maximum Gasteiger partial charge on any atom is 0.407 e. The Morgan fingerprint density at radius 3 is 2.36 bits per heavy atom. The topological polar surface area (TPSA) is 217 Å². The highest BCUT2D eigenvalue weighted by Gasteiger charge is 2.58. The van der Waals surface area contributed by atoms with Crippen molar-refractivity contribution in [2.75, 3.05) is 59.2 Å². The minimum absolute atomic E-state index is 0.0184. The third-order valence-electron chi connectivity index (χ3n) is 11.5. The third kappa shape index (κ3) is 11.1. The van der Waals surface area contributed by atoms with E-state index in [-0.39, 0.29) is 55.9 Å². The van der Waals surface area contributed by atoms with Crippen molar-refractivity contribution in [3.63, 3.8) is 0 Å². The van der Waals surface area contributed by atoms with Gasteiger partial charge in [0.2, 0.25) is 5.91 Å². The number of hydrogen-bond donors (Lipinski definition) is 7. The van der Waals surface area contributed by atoms with Crippen LogP contribution in [0.25, 0.3) is 0 Å². The number of aliphatic hydroxyl groups excluding tert-OH is 5. The summed E-state index contributed by atoms with van der Waals surface area (Å²) in [5, 5.41) is 64.6. The van der Waals surface area contributed by atoms with E-state index in [4.69, 9.17) is 19.3 Å². The molecule has 3 unspecified atom stereocenters. The van der Waals surface area contributed by atoms with Crippen molar-refractivity contribution in [2.45, 2.75) is 113 Å². The number of benzene rings is 1. The van der Waals surface area contributed by atoms with E-state index in [9.17, 15) is 35.3 Å². The fourth-order valence-electron chi connectivity index (χ4n) is 9.22. The summed E-state index contributed by atoms with van der Waals surface area (Å²) in [7, 11) is 0. The molecule has 1 aromatic carbocycles. The molecule has 2 amide bonds. The Kier molecular flexibility index (Phi) is 14.9. The minimum Gasteiger partial charge on any atom is -0.447 e. The molecule has 0 spiro atoms. The first kappa shape index (κ1) is 41.3. The van der Waals surface area contributed by atoms with Crippen LogP contribution in [0.2, 0.25) is 0 Å². The van der Waals surface area contributed by atoms with Crippen LogP contribution in [0.1, 0.15) is 69.4 Å². The summed E-state index contributed by atoms with van der Waals surface area (Å²) in [6, 6.07) is 9.51. The van der Waals surface area contributed by atoms with Gasteiger partial charge in [-0.3, -0.25) is 9.69 Å².